The standard InChI is InChI=1S/C12H9NO/c13-7-1-2-9-3-5-11-10(8-9)4-6-12(11)14/h1-3,5,8H,4,6H2. The monoisotopic (exact) mass is 183 g/mol. The molecule has 1 aromatic rings. The second-order valence-electron chi connectivity index (χ2n) is 3.30. The third-order valence-electron chi connectivity index (χ3n) is 2.40. The summed E-state index contributed by atoms with van der Waals surface area (Å²) in [4.78, 5) is 11.3. The van der Waals surface area contributed by atoms with Crippen LogP contribution in [0.25, 0.3) is 6.08 Å². The Hall–Kier alpha value is -1.88. The van der Waals surface area contributed by atoms with E-state index in [1.54, 1.807) is 6.08 Å². The van der Waals surface area contributed by atoms with E-state index in [1.807, 2.05) is 24.3 Å². The van der Waals surface area contributed by atoms with Gasteiger partial charge in [0, 0.05) is 18.1 Å². The summed E-state index contributed by atoms with van der Waals surface area (Å²) >= 11 is 0. The molecule has 1 aliphatic carbocycles. The van der Waals surface area contributed by atoms with Gasteiger partial charge in [-0.2, -0.15) is 5.26 Å². The average molecular weight is 183 g/mol. The number of rotatable bonds is 1. The first-order valence-corrected chi connectivity index (χ1v) is 4.53. The summed E-state index contributed by atoms with van der Waals surface area (Å²) in [7, 11) is 0. The average Bonchev–Trinajstić information content (AvgIpc) is 2.57. The van der Waals surface area contributed by atoms with Crippen LogP contribution in [-0.4, -0.2) is 5.78 Å². The van der Waals surface area contributed by atoms with Crippen molar-refractivity contribution in [1.29, 1.82) is 5.26 Å². The number of carbonyl (C=O) groups excluding carboxylic acids is 1. The number of nitrogens with zero attached hydrogens (tertiary/aromatic N) is 1. The molecule has 0 fully saturated rings. The summed E-state index contributed by atoms with van der Waals surface area (Å²) in [5.41, 5.74) is 2.94. The third kappa shape index (κ3) is 1.45. The molecule has 14 heavy (non-hydrogen) atoms. The number of hydrogen-bond donors (Lipinski definition) is 0. The fraction of sp³-hybridized carbons (Fsp3) is 0.167. The Morgan fingerprint density at radius 2 is 2.21 bits per heavy atom. The summed E-state index contributed by atoms with van der Waals surface area (Å²) in [5, 5.41) is 8.37. The molecule has 2 nitrogen and oxygen atoms in total. The minimum absolute atomic E-state index is 0.232. The maximum atomic E-state index is 11.3. The molecule has 1 aromatic carbocycles. The van der Waals surface area contributed by atoms with Crippen molar-refractivity contribution in [1.82, 2.24) is 0 Å². The molecule has 0 saturated heterocycles. The molecule has 0 unspecified atom stereocenters. The lowest BCUT2D eigenvalue weighted by atomic mass is 10.1. The Bertz CT molecular complexity index is 452. The predicted molar refractivity (Wildman–Crippen MR) is 53.7 cm³/mol. The van der Waals surface area contributed by atoms with Crippen LogP contribution in [0.1, 0.15) is 27.9 Å². The molecule has 0 aromatic heterocycles. The number of nitriles is 1. The second kappa shape index (κ2) is 3.47. The molecule has 0 spiro atoms. The van der Waals surface area contributed by atoms with E-state index >= 15 is 0 Å². The summed E-state index contributed by atoms with van der Waals surface area (Å²) in [6.45, 7) is 0. The van der Waals surface area contributed by atoms with Gasteiger partial charge in [0.1, 0.15) is 0 Å². The van der Waals surface area contributed by atoms with E-state index in [9.17, 15) is 4.79 Å². The van der Waals surface area contributed by atoms with Crippen molar-refractivity contribution in [3.63, 3.8) is 0 Å². The van der Waals surface area contributed by atoms with E-state index < -0.39 is 0 Å². The van der Waals surface area contributed by atoms with Gasteiger partial charge in [-0.1, -0.05) is 18.2 Å². The van der Waals surface area contributed by atoms with Gasteiger partial charge in [-0.05, 0) is 23.6 Å². The number of ketones is 1. The predicted octanol–water partition coefficient (Wildman–Crippen LogP) is 2.35. The van der Waals surface area contributed by atoms with Crippen LogP contribution >= 0.6 is 0 Å². The first-order chi connectivity index (χ1) is 6.81. The Morgan fingerprint density at radius 3 is 3.00 bits per heavy atom. The van der Waals surface area contributed by atoms with E-state index in [2.05, 4.69) is 0 Å². The first-order valence-electron chi connectivity index (χ1n) is 4.53. The molecular formula is C12H9NO. The Labute approximate surface area is 82.5 Å². The maximum absolute atomic E-state index is 11.3. The van der Waals surface area contributed by atoms with Gasteiger partial charge in [0.25, 0.3) is 0 Å². The molecule has 0 bridgehead atoms. The summed E-state index contributed by atoms with van der Waals surface area (Å²) in [6.07, 6.45) is 4.66. The van der Waals surface area contributed by atoms with Crippen LogP contribution in [0.5, 0.6) is 0 Å². The molecule has 0 aliphatic heterocycles. The van der Waals surface area contributed by atoms with Gasteiger partial charge < -0.3 is 0 Å². The van der Waals surface area contributed by atoms with Crippen LogP contribution in [0.3, 0.4) is 0 Å². The number of carbonyl (C=O) groups is 1. The molecule has 2 rings (SSSR count). The molecule has 0 heterocycles. The van der Waals surface area contributed by atoms with E-state index in [0.717, 1.165) is 23.1 Å². The van der Waals surface area contributed by atoms with Crippen LogP contribution in [-0.2, 0) is 6.42 Å². The lowest BCUT2D eigenvalue weighted by Gasteiger charge is -1.98. The van der Waals surface area contributed by atoms with Gasteiger partial charge in [0.2, 0.25) is 0 Å². The number of fused-ring (bicyclic) bond motifs is 1. The fourth-order valence-electron chi connectivity index (χ4n) is 1.71. The summed E-state index contributed by atoms with van der Waals surface area (Å²) in [5.74, 6) is 0.232. The van der Waals surface area contributed by atoms with Crippen molar-refractivity contribution in [2.24, 2.45) is 0 Å². The Morgan fingerprint density at radius 1 is 1.36 bits per heavy atom. The normalized spacial score (nSPS) is 14.4. The van der Waals surface area contributed by atoms with Crippen molar-refractivity contribution >= 4 is 11.9 Å². The SMILES string of the molecule is N#CC=Cc1ccc2c(c1)CCC2=O. The highest BCUT2D eigenvalue weighted by Gasteiger charge is 2.18. The molecule has 0 amide bonds. The van der Waals surface area contributed by atoms with Gasteiger partial charge in [-0.25, -0.2) is 0 Å². The lowest BCUT2D eigenvalue weighted by Crippen LogP contribution is -1.90. The summed E-state index contributed by atoms with van der Waals surface area (Å²) < 4.78 is 0. The largest absolute Gasteiger partial charge is 0.294 e. The van der Waals surface area contributed by atoms with Crippen LogP contribution in [0.15, 0.2) is 24.3 Å². The van der Waals surface area contributed by atoms with Crippen molar-refractivity contribution < 1.29 is 4.79 Å². The van der Waals surface area contributed by atoms with Crippen molar-refractivity contribution in [3.05, 3.63) is 41.0 Å². The lowest BCUT2D eigenvalue weighted by molar-refractivity contribution is 0.0994. The number of benzene rings is 1. The number of hydrogen-bond acceptors (Lipinski definition) is 2. The molecule has 0 atom stereocenters. The van der Waals surface area contributed by atoms with Gasteiger partial charge in [-0.3, -0.25) is 4.79 Å². The van der Waals surface area contributed by atoms with E-state index in [0.29, 0.717) is 6.42 Å². The first kappa shape index (κ1) is 8.71. The minimum atomic E-state index is 0.232. The topological polar surface area (TPSA) is 40.9 Å². The van der Waals surface area contributed by atoms with Crippen molar-refractivity contribution in [2.75, 3.05) is 0 Å². The smallest absolute Gasteiger partial charge is 0.163 e. The van der Waals surface area contributed by atoms with Gasteiger partial charge in [0.05, 0.1) is 6.07 Å². The Kier molecular flexibility index (Phi) is 2.16. The Balaban J connectivity index is 2.38. The number of aryl methyl sites for hydroxylation is 1. The quantitative estimate of drug-likeness (QED) is 0.627. The third-order valence-corrected chi connectivity index (χ3v) is 2.40. The van der Waals surface area contributed by atoms with Crippen LogP contribution in [0.2, 0.25) is 0 Å². The molecular weight excluding hydrogens is 174 g/mol. The highest BCUT2D eigenvalue weighted by Crippen LogP contribution is 2.23. The number of Topliss-reactive ketones (excluding diaryl/α,β-unsaturated/α-hetero) is 1. The zero-order valence-electron chi connectivity index (χ0n) is 7.66. The molecule has 0 radical (unpaired) electrons. The summed E-state index contributed by atoms with van der Waals surface area (Å²) in [6, 6.07) is 7.65. The van der Waals surface area contributed by atoms with Crippen molar-refractivity contribution in [3.8, 4) is 6.07 Å². The van der Waals surface area contributed by atoms with Gasteiger partial charge in [0.15, 0.2) is 5.78 Å². The van der Waals surface area contributed by atoms with E-state index in [4.69, 9.17) is 5.26 Å². The highest BCUT2D eigenvalue weighted by atomic mass is 16.1. The zero-order valence-corrected chi connectivity index (χ0v) is 7.66. The van der Waals surface area contributed by atoms with Crippen LogP contribution < -0.4 is 0 Å². The highest BCUT2D eigenvalue weighted by molar-refractivity contribution is 6.00. The van der Waals surface area contributed by atoms with Crippen LogP contribution in [0, 0.1) is 11.3 Å². The maximum Gasteiger partial charge on any atom is 0.163 e. The molecule has 1 aliphatic rings. The van der Waals surface area contributed by atoms with Crippen LogP contribution in [0.4, 0.5) is 0 Å². The van der Waals surface area contributed by atoms with E-state index in [-0.39, 0.29) is 5.78 Å². The van der Waals surface area contributed by atoms with Gasteiger partial charge >= 0.3 is 0 Å². The van der Waals surface area contributed by atoms with Gasteiger partial charge in [-0.15, -0.1) is 0 Å². The molecule has 0 N–H and O–H groups in total. The molecule has 0 saturated carbocycles. The second-order valence-corrected chi connectivity index (χ2v) is 3.30. The van der Waals surface area contributed by atoms with Crippen molar-refractivity contribution in [2.45, 2.75) is 12.8 Å². The number of allylic oxidation sites excluding steroid dienone is 1. The fourth-order valence-corrected chi connectivity index (χ4v) is 1.71. The van der Waals surface area contributed by atoms with E-state index in [1.165, 1.54) is 6.08 Å². The molecule has 2 heteroatoms. The minimum Gasteiger partial charge on any atom is -0.294 e. The molecule has 68 valence electrons. The zero-order chi connectivity index (χ0) is 9.97.